The van der Waals surface area contributed by atoms with E-state index in [1.807, 2.05) is 30.3 Å². The van der Waals surface area contributed by atoms with Crippen molar-refractivity contribution in [2.24, 2.45) is 0 Å². The Morgan fingerprint density at radius 3 is 2.41 bits per heavy atom. The van der Waals surface area contributed by atoms with Gasteiger partial charge < -0.3 is 4.74 Å². The molecule has 2 rings (SSSR count). The third-order valence-electron chi connectivity index (χ3n) is 2.14. The summed E-state index contributed by atoms with van der Waals surface area (Å²) in [4.78, 5) is 20.7. The van der Waals surface area contributed by atoms with Crippen LogP contribution in [0.1, 0.15) is 0 Å². The molecule has 0 aliphatic carbocycles. The van der Waals surface area contributed by atoms with Crippen LogP contribution in [0, 0.1) is 0 Å². The van der Waals surface area contributed by atoms with E-state index in [-0.39, 0.29) is 6.01 Å². The van der Waals surface area contributed by atoms with Crippen molar-refractivity contribution in [2.75, 3.05) is 11.9 Å². The summed E-state index contributed by atoms with van der Waals surface area (Å²) < 4.78 is 5.00. The molecule has 1 aromatic heterocycles. The van der Waals surface area contributed by atoms with Gasteiger partial charge in [0.15, 0.2) is 0 Å². The first kappa shape index (κ1) is 11.1. The van der Waals surface area contributed by atoms with E-state index in [9.17, 15) is 4.79 Å². The molecule has 17 heavy (non-hydrogen) atoms. The van der Waals surface area contributed by atoms with E-state index in [1.165, 1.54) is 17.3 Å². The standard InChI is InChI=1S/C12H11N3O2/c1-15(10-6-3-2-4-7-10)12(16)17-11-13-8-5-9-14-11/h2-9H,1H3. The Balaban J connectivity index is 2.06. The van der Waals surface area contributed by atoms with Crippen molar-refractivity contribution >= 4 is 11.8 Å². The summed E-state index contributed by atoms with van der Waals surface area (Å²) in [5, 5.41) is 0. The number of ether oxygens (including phenoxy) is 1. The highest BCUT2D eigenvalue weighted by Gasteiger charge is 2.13. The second kappa shape index (κ2) is 5.07. The van der Waals surface area contributed by atoms with Crippen LogP contribution in [-0.4, -0.2) is 23.1 Å². The van der Waals surface area contributed by atoms with Crippen molar-refractivity contribution in [2.45, 2.75) is 0 Å². The van der Waals surface area contributed by atoms with Crippen molar-refractivity contribution in [1.82, 2.24) is 9.97 Å². The second-order valence-electron chi connectivity index (χ2n) is 3.29. The molecule has 0 unspecified atom stereocenters. The van der Waals surface area contributed by atoms with Gasteiger partial charge in [-0.05, 0) is 18.2 Å². The van der Waals surface area contributed by atoms with Crippen LogP contribution < -0.4 is 9.64 Å². The molecule has 0 radical (unpaired) electrons. The number of amides is 1. The molecule has 5 heteroatoms. The molecule has 1 heterocycles. The Kier molecular flexibility index (Phi) is 3.30. The Morgan fingerprint density at radius 2 is 1.76 bits per heavy atom. The SMILES string of the molecule is CN(C(=O)Oc1ncccn1)c1ccccc1. The van der Waals surface area contributed by atoms with Gasteiger partial charge in [0.1, 0.15) is 0 Å². The lowest BCUT2D eigenvalue weighted by Crippen LogP contribution is -2.29. The maximum absolute atomic E-state index is 11.7. The first-order valence-electron chi connectivity index (χ1n) is 5.05. The van der Waals surface area contributed by atoms with Gasteiger partial charge in [-0.3, -0.25) is 4.90 Å². The Hall–Kier alpha value is -2.43. The minimum Gasteiger partial charge on any atom is -0.374 e. The van der Waals surface area contributed by atoms with Crippen LogP contribution in [0.3, 0.4) is 0 Å². The van der Waals surface area contributed by atoms with Crippen LogP contribution in [0.2, 0.25) is 0 Å². The molecule has 86 valence electrons. The molecular weight excluding hydrogens is 218 g/mol. The van der Waals surface area contributed by atoms with Gasteiger partial charge >= 0.3 is 12.1 Å². The van der Waals surface area contributed by atoms with Crippen molar-refractivity contribution in [3.8, 4) is 6.01 Å². The summed E-state index contributed by atoms with van der Waals surface area (Å²) >= 11 is 0. The summed E-state index contributed by atoms with van der Waals surface area (Å²) in [5.74, 6) is 0. The normalized spacial score (nSPS) is 9.71. The molecule has 0 aliphatic heterocycles. The van der Waals surface area contributed by atoms with Crippen LogP contribution in [-0.2, 0) is 0 Å². The highest BCUT2D eigenvalue weighted by molar-refractivity contribution is 5.88. The molecule has 1 amide bonds. The van der Waals surface area contributed by atoms with Crippen molar-refractivity contribution in [3.05, 3.63) is 48.8 Å². The fraction of sp³-hybridized carbons (Fsp3) is 0.0833. The lowest BCUT2D eigenvalue weighted by Gasteiger charge is -2.15. The molecule has 0 fully saturated rings. The van der Waals surface area contributed by atoms with Gasteiger partial charge in [0.05, 0.1) is 0 Å². The quantitative estimate of drug-likeness (QED) is 0.791. The van der Waals surface area contributed by atoms with Crippen LogP contribution in [0.25, 0.3) is 0 Å². The van der Waals surface area contributed by atoms with E-state index in [0.717, 1.165) is 5.69 Å². The molecule has 0 atom stereocenters. The number of anilines is 1. The summed E-state index contributed by atoms with van der Waals surface area (Å²) in [7, 11) is 1.63. The number of carbonyl (C=O) groups excluding carboxylic acids is 1. The van der Waals surface area contributed by atoms with Crippen molar-refractivity contribution < 1.29 is 9.53 Å². The third-order valence-corrected chi connectivity index (χ3v) is 2.14. The average Bonchev–Trinajstić information content (AvgIpc) is 2.40. The number of nitrogens with zero attached hydrogens (tertiary/aromatic N) is 3. The fourth-order valence-electron chi connectivity index (χ4n) is 1.24. The number of hydrogen-bond donors (Lipinski definition) is 0. The summed E-state index contributed by atoms with van der Waals surface area (Å²) in [6.07, 6.45) is 2.50. The predicted octanol–water partition coefficient (Wildman–Crippen LogP) is 2.11. The first-order valence-corrected chi connectivity index (χ1v) is 5.05. The van der Waals surface area contributed by atoms with E-state index < -0.39 is 6.09 Å². The summed E-state index contributed by atoms with van der Waals surface area (Å²) in [5.41, 5.74) is 0.744. The summed E-state index contributed by atoms with van der Waals surface area (Å²) in [6, 6.07) is 10.9. The molecule has 0 saturated heterocycles. The highest BCUT2D eigenvalue weighted by atomic mass is 16.6. The lowest BCUT2D eigenvalue weighted by molar-refractivity contribution is 0.205. The van der Waals surface area contributed by atoms with Gasteiger partial charge in [-0.25, -0.2) is 14.8 Å². The number of rotatable bonds is 2. The van der Waals surface area contributed by atoms with Crippen LogP contribution in [0.4, 0.5) is 10.5 Å². The number of carbonyl (C=O) groups is 1. The molecule has 2 aromatic rings. The molecule has 0 spiro atoms. The molecule has 0 bridgehead atoms. The van der Waals surface area contributed by atoms with Gasteiger partial charge in [0, 0.05) is 25.1 Å². The minimum atomic E-state index is -0.526. The molecule has 0 N–H and O–H groups in total. The van der Waals surface area contributed by atoms with Gasteiger partial charge in [-0.15, -0.1) is 0 Å². The van der Waals surface area contributed by atoms with Gasteiger partial charge in [0.25, 0.3) is 0 Å². The number of para-hydroxylation sites is 1. The topological polar surface area (TPSA) is 55.3 Å². The maximum atomic E-state index is 11.7. The van der Waals surface area contributed by atoms with Gasteiger partial charge in [-0.1, -0.05) is 18.2 Å². The zero-order valence-corrected chi connectivity index (χ0v) is 9.28. The van der Waals surface area contributed by atoms with Gasteiger partial charge in [0.2, 0.25) is 0 Å². The Labute approximate surface area is 98.7 Å². The van der Waals surface area contributed by atoms with E-state index in [1.54, 1.807) is 13.1 Å². The van der Waals surface area contributed by atoms with E-state index in [0.29, 0.717) is 0 Å². The third kappa shape index (κ3) is 2.78. The number of benzene rings is 1. The highest BCUT2D eigenvalue weighted by Crippen LogP contribution is 2.12. The van der Waals surface area contributed by atoms with Crippen LogP contribution in [0.5, 0.6) is 6.01 Å². The minimum absolute atomic E-state index is 0.0419. The van der Waals surface area contributed by atoms with Crippen LogP contribution in [0.15, 0.2) is 48.8 Å². The van der Waals surface area contributed by atoms with E-state index in [2.05, 4.69) is 9.97 Å². The maximum Gasteiger partial charge on any atom is 0.421 e. The molecule has 0 aliphatic rings. The Morgan fingerprint density at radius 1 is 1.12 bits per heavy atom. The van der Waals surface area contributed by atoms with E-state index >= 15 is 0 Å². The molecule has 1 aromatic carbocycles. The monoisotopic (exact) mass is 229 g/mol. The largest absolute Gasteiger partial charge is 0.421 e. The predicted molar refractivity (Wildman–Crippen MR) is 62.9 cm³/mol. The van der Waals surface area contributed by atoms with E-state index in [4.69, 9.17) is 4.74 Å². The Bertz CT molecular complexity index is 488. The second-order valence-corrected chi connectivity index (χ2v) is 3.29. The zero-order valence-electron chi connectivity index (χ0n) is 9.28. The summed E-state index contributed by atoms with van der Waals surface area (Å²) in [6.45, 7) is 0. The van der Waals surface area contributed by atoms with Crippen molar-refractivity contribution in [1.29, 1.82) is 0 Å². The fourth-order valence-corrected chi connectivity index (χ4v) is 1.24. The zero-order chi connectivity index (χ0) is 12.1. The molecular formula is C12H11N3O2. The first-order chi connectivity index (χ1) is 8.27. The number of aromatic nitrogens is 2. The van der Waals surface area contributed by atoms with Crippen molar-refractivity contribution in [3.63, 3.8) is 0 Å². The average molecular weight is 229 g/mol. The van der Waals surface area contributed by atoms with Crippen LogP contribution >= 0.6 is 0 Å². The van der Waals surface area contributed by atoms with Gasteiger partial charge in [-0.2, -0.15) is 0 Å². The molecule has 0 saturated carbocycles. The number of hydrogen-bond acceptors (Lipinski definition) is 4. The smallest absolute Gasteiger partial charge is 0.374 e. The molecule has 5 nitrogen and oxygen atoms in total. The lowest BCUT2D eigenvalue weighted by atomic mass is 10.3.